The van der Waals surface area contributed by atoms with Gasteiger partial charge in [0.05, 0.1) is 0 Å². The first-order valence-corrected chi connectivity index (χ1v) is 5.29. The largest absolute Gasteiger partial charge is 0.371 e. The van der Waals surface area contributed by atoms with Gasteiger partial charge < -0.3 is 5.11 Å². The zero-order valence-electron chi connectivity index (χ0n) is 6.45. The molecule has 0 aliphatic rings. The first kappa shape index (κ1) is 10.5. The minimum absolute atomic E-state index is 0.111. The molecule has 0 saturated heterocycles. The van der Waals surface area contributed by atoms with Gasteiger partial charge in [-0.1, -0.05) is 12.1 Å². The number of hydrogen-bond donors (Lipinski definition) is 3. The number of hydrogen-bond acceptors (Lipinski definition) is 4. The third kappa shape index (κ3) is 2.70. The van der Waals surface area contributed by atoms with E-state index in [2.05, 4.69) is 12.6 Å². The summed E-state index contributed by atoms with van der Waals surface area (Å²) in [7, 11) is -4.44. The van der Waals surface area contributed by atoms with Crippen LogP contribution < -0.4 is 0 Å². The van der Waals surface area contributed by atoms with Crippen LogP contribution in [-0.2, 0) is 10.1 Å². The van der Waals surface area contributed by atoms with Crippen LogP contribution in [0.25, 0.3) is 0 Å². The summed E-state index contributed by atoms with van der Waals surface area (Å²) >= 11 is 3.98. The molecule has 4 nitrogen and oxygen atoms in total. The maximum absolute atomic E-state index is 10.5. The van der Waals surface area contributed by atoms with Gasteiger partial charge in [-0.3, -0.25) is 4.55 Å². The average Bonchev–Trinajstić information content (AvgIpc) is 2.03. The Balaban J connectivity index is 3.04. The van der Waals surface area contributed by atoms with Gasteiger partial charge in [0, 0.05) is 4.90 Å². The van der Waals surface area contributed by atoms with E-state index >= 15 is 0 Å². The van der Waals surface area contributed by atoms with Crippen molar-refractivity contribution in [2.75, 3.05) is 0 Å². The van der Waals surface area contributed by atoms with Gasteiger partial charge >= 0.3 is 0 Å². The molecule has 0 heterocycles. The third-order valence-electron chi connectivity index (χ3n) is 1.46. The minimum Gasteiger partial charge on any atom is -0.371 e. The van der Waals surface area contributed by atoms with Crippen LogP contribution in [0.1, 0.15) is 11.0 Å². The molecule has 0 fully saturated rings. The standard InChI is InChI=1S/C7H8O4S2/c8-7(13(9,10)11)5-1-3-6(12)4-2-5/h1-4,7-8,12H,(H,9,10,11). The van der Waals surface area contributed by atoms with E-state index < -0.39 is 15.6 Å². The van der Waals surface area contributed by atoms with Crippen molar-refractivity contribution in [3.8, 4) is 0 Å². The fourth-order valence-electron chi connectivity index (χ4n) is 0.811. The van der Waals surface area contributed by atoms with Gasteiger partial charge in [0.1, 0.15) is 0 Å². The SMILES string of the molecule is O=S(=O)(O)C(O)c1ccc(S)cc1. The van der Waals surface area contributed by atoms with Crippen molar-refractivity contribution in [2.45, 2.75) is 10.3 Å². The molecule has 1 aromatic carbocycles. The predicted octanol–water partition coefficient (Wildman–Crippen LogP) is 0.854. The molecule has 2 N–H and O–H groups in total. The Kier molecular flexibility index (Phi) is 2.97. The number of benzene rings is 1. The van der Waals surface area contributed by atoms with Gasteiger partial charge in [0.25, 0.3) is 10.1 Å². The topological polar surface area (TPSA) is 74.6 Å². The lowest BCUT2D eigenvalue weighted by atomic mass is 10.2. The molecular weight excluding hydrogens is 212 g/mol. The Morgan fingerprint density at radius 2 is 1.69 bits per heavy atom. The highest BCUT2D eigenvalue weighted by molar-refractivity contribution is 7.85. The molecule has 0 saturated carbocycles. The van der Waals surface area contributed by atoms with E-state index in [9.17, 15) is 8.42 Å². The minimum atomic E-state index is -4.44. The van der Waals surface area contributed by atoms with Crippen LogP contribution in [-0.4, -0.2) is 18.1 Å². The number of rotatable bonds is 2. The lowest BCUT2D eigenvalue weighted by Crippen LogP contribution is -2.10. The maximum Gasteiger partial charge on any atom is 0.296 e. The Morgan fingerprint density at radius 3 is 2.08 bits per heavy atom. The van der Waals surface area contributed by atoms with Crippen LogP contribution in [0.2, 0.25) is 0 Å². The van der Waals surface area contributed by atoms with Gasteiger partial charge in [-0.05, 0) is 17.7 Å². The van der Waals surface area contributed by atoms with Crippen molar-refractivity contribution in [3.05, 3.63) is 29.8 Å². The Hall–Kier alpha value is -0.560. The smallest absolute Gasteiger partial charge is 0.296 e. The summed E-state index contributed by atoms with van der Waals surface area (Å²) in [5.41, 5.74) is -1.78. The van der Waals surface area contributed by atoms with E-state index in [-0.39, 0.29) is 5.56 Å². The molecule has 1 unspecified atom stereocenters. The van der Waals surface area contributed by atoms with Crippen molar-refractivity contribution in [1.29, 1.82) is 0 Å². The van der Waals surface area contributed by atoms with Crippen LogP contribution in [0.3, 0.4) is 0 Å². The van der Waals surface area contributed by atoms with Crippen molar-refractivity contribution in [3.63, 3.8) is 0 Å². The van der Waals surface area contributed by atoms with Crippen LogP contribution in [0.5, 0.6) is 0 Å². The molecular formula is C7H8O4S2. The fourth-order valence-corrected chi connectivity index (χ4v) is 1.46. The van der Waals surface area contributed by atoms with Crippen molar-refractivity contribution in [1.82, 2.24) is 0 Å². The van der Waals surface area contributed by atoms with E-state index in [1.54, 1.807) is 0 Å². The van der Waals surface area contributed by atoms with E-state index in [1.165, 1.54) is 24.3 Å². The lowest BCUT2D eigenvalue weighted by Gasteiger charge is -2.06. The molecule has 0 amide bonds. The zero-order valence-corrected chi connectivity index (χ0v) is 8.16. The summed E-state index contributed by atoms with van der Waals surface area (Å²) in [6.07, 6.45) is 0. The highest BCUT2D eigenvalue weighted by Crippen LogP contribution is 2.19. The monoisotopic (exact) mass is 220 g/mol. The van der Waals surface area contributed by atoms with Crippen LogP contribution in [0.4, 0.5) is 0 Å². The second kappa shape index (κ2) is 3.67. The molecule has 72 valence electrons. The average molecular weight is 220 g/mol. The van der Waals surface area contributed by atoms with Crippen LogP contribution >= 0.6 is 12.6 Å². The second-order valence-corrected chi connectivity index (χ2v) is 4.45. The summed E-state index contributed by atoms with van der Waals surface area (Å²) in [5, 5.41) is 9.09. The summed E-state index contributed by atoms with van der Waals surface area (Å²) < 4.78 is 29.5. The third-order valence-corrected chi connectivity index (χ3v) is 2.59. The Morgan fingerprint density at radius 1 is 1.23 bits per heavy atom. The van der Waals surface area contributed by atoms with Crippen molar-refractivity contribution >= 4 is 22.7 Å². The van der Waals surface area contributed by atoms with Gasteiger partial charge in [-0.15, -0.1) is 12.6 Å². The maximum atomic E-state index is 10.5. The van der Waals surface area contributed by atoms with E-state index in [4.69, 9.17) is 9.66 Å². The van der Waals surface area contributed by atoms with Gasteiger partial charge in [0.2, 0.25) is 5.44 Å². The van der Waals surface area contributed by atoms with Crippen molar-refractivity contribution in [2.24, 2.45) is 0 Å². The molecule has 0 spiro atoms. The molecule has 6 heteroatoms. The molecule has 0 aliphatic heterocycles. The summed E-state index contributed by atoms with van der Waals surface area (Å²) in [4.78, 5) is 0.645. The number of thiol groups is 1. The molecule has 1 aromatic rings. The highest BCUT2D eigenvalue weighted by Gasteiger charge is 2.21. The van der Waals surface area contributed by atoms with E-state index in [0.29, 0.717) is 4.90 Å². The van der Waals surface area contributed by atoms with E-state index in [0.717, 1.165) is 0 Å². The van der Waals surface area contributed by atoms with E-state index in [1.807, 2.05) is 0 Å². The summed E-state index contributed by atoms with van der Waals surface area (Å²) in [6, 6.07) is 5.79. The quantitative estimate of drug-likeness (QED) is 0.510. The normalized spacial score (nSPS) is 14.1. The summed E-state index contributed by atoms with van der Waals surface area (Å²) in [6.45, 7) is 0. The zero-order chi connectivity index (χ0) is 10.1. The molecule has 0 aromatic heterocycles. The molecule has 1 atom stereocenters. The first-order chi connectivity index (χ1) is 5.91. The molecule has 1 rings (SSSR count). The molecule has 0 aliphatic carbocycles. The number of aliphatic hydroxyl groups excluding tert-OH is 1. The Bertz CT molecular complexity index is 381. The van der Waals surface area contributed by atoms with Gasteiger partial charge in [-0.2, -0.15) is 8.42 Å². The predicted molar refractivity (Wildman–Crippen MR) is 50.2 cm³/mol. The fraction of sp³-hybridized carbons (Fsp3) is 0.143. The second-order valence-electron chi connectivity index (χ2n) is 2.46. The number of aliphatic hydroxyl groups is 1. The van der Waals surface area contributed by atoms with Gasteiger partial charge in [-0.25, -0.2) is 0 Å². The Labute approximate surface area is 81.4 Å². The molecule has 13 heavy (non-hydrogen) atoms. The van der Waals surface area contributed by atoms with Crippen LogP contribution in [0, 0.1) is 0 Å². The van der Waals surface area contributed by atoms with Crippen LogP contribution in [0.15, 0.2) is 29.2 Å². The highest BCUT2D eigenvalue weighted by atomic mass is 32.2. The lowest BCUT2D eigenvalue weighted by molar-refractivity contribution is 0.238. The molecule has 0 bridgehead atoms. The first-order valence-electron chi connectivity index (χ1n) is 3.34. The van der Waals surface area contributed by atoms with Gasteiger partial charge in [0.15, 0.2) is 0 Å². The summed E-state index contributed by atoms with van der Waals surface area (Å²) in [5.74, 6) is 0. The van der Waals surface area contributed by atoms with Crippen molar-refractivity contribution < 1.29 is 18.1 Å². The molecule has 0 radical (unpaired) electrons.